The van der Waals surface area contributed by atoms with Crippen LogP contribution in [0.25, 0.3) is 0 Å². The largest absolute Gasteiger partial charge is 0.318 e. The summed E-state index contributed by atoms with van der Waals surface area (Å²) in [5.74, 6) is -1.42. The van der Waals surface area contributed by atoms with Gasteiger partial charge >= 0.3 is 0 Å². The van der Waals surface area contributed by atoms with Crippen molar-refractivity contribution in [3.05, 3.63) is 41.6 Å². The maximum atomic E-state index is 12.7. The molecule has 18 heavy (non-hydrogen) atoms. The normalized spacial score (nSPS) is 21.1. The summed E-state index contributed by atoms with van der Waals surface area (Å²) in [6.07, 6.45) is -0.938. The van der Waals surface area contributed by atoms with E-state index in [1.54, 1.807) is 0 Å². The van der Waals surface area contributed by atoms with Crippen molar-refractivity contribution in [2.45, 2.75) is 6.85 Å². The lowest BCUT2D eigenvalue weighted by atomic mass is 10.2. The summed E-state index contributed by atoms with van der Waals surface area (Å²) in [4.78, 5) is 21.6. The number of amides is 1. The van der Waals surface area contributed by atoms with Gasteiger partial charge in [0.15, 0.2) is 7.23 Å². The first-order valence-corrected chi connectivity index (χ1v) is 5.02. The Morgan fingerprint density at radius 2 is 2.22 bits per heavy atom. The summed E-state index contributed by atoms with van der Waals surface area (Å²) < 4.78 is 62.4. The Hall–Kier alpha value is -2.43. The molecule has 0 radical (unpaired) electrons. The van der Waals surface area contributed by atoms with E-state index in [-0.39, 0.29) is 34.7 Å². The number of carbonyl (C=O) groups excluding carboxylic acids is 1. The van der Waals surface area contributed by atoms with Crippen LogP contribution in [-0.2, 0) is 0 Å². The molecule has 0 aromatic carbocycles. The predicted octanol–water partition coefficient (Wildman–Crippen LogP) is 2.12. The van der Waals surface area contributed by atoms with Gasteiger partial charge in [0.05, 0.1) is 16.7 Å². The van der Waals surface area contributed by atoms with E-state index in [2.05, 4.69) is 9.97 Å². The molecular weight excluding hydrogens is 228 g/mol. The third-order valence-corrected chi connectivity index (χ3v) is 2.53. The number of hydrogen-bond donors (Lipinski definition) is 1. The molecule has 0 atom stereocenters. The number of aromatic nitrogens is 2. The van der Waals surface area contributed by atoms with Gasteiger partial charge in [-0.3, -0.25) is 4.79 Å². The van der Waals surface area contributed by atoms with Crippen LogP contribution in [0.15, 0.2) is 30.5 Å². The second-order valence-corrected chi connectivity index (χ2v) is 3.60. The molecule has 1 amide bonds. The van der Waals surface area contributed by atoms with Crippen molar-refractivity contribution >= 4 is 23.2 Å². The van der Waals surface area contributed by atoms with Crippen molar-refractivity contribution in [3.63, 3.8) is 0 Å². The molecule has 90 valence electrons. The number of hydrogen-bond acceptors (Lipinski definition) is 4. The highest BCUT2D eigenvalue weighted by Crippen LogP contribution is 2.35. The average Bonchev–Trinajstić information content (AvgIpc) is 2.58. The molecule has 5 heteroatoms. The Labute approximate surface area is 116 Å². The van der Waals surface area contributed by atoms with Gasteiger partial charge in [0.25, 0.3) is 5.91 Å². The SMILES string of the molecule is [2H]c1cc([2H])c2c(n1)N(C)c1nc([2H])c([2H])c(C([2H])([2H])[2H])c1N([2H])C2=O. The van der Waals surface area contributed by atoms with Gasteiger partial charge in [0.1, 0.15) is 5.82 Å². The van der Waals surface area contributed by atoms with Gasteiger partial charge in [0, 0.05) is 23.5 Å². The molecule has 1 N–H and O–H groups in total. The van der Waals surface area contributed by atoms with Crippen LogP contribution in [0.5, 0.6) is 0 Å². The molecule has 0 aliphatic carbocycles. The van der Waals surface area contributed by atoms with E-state index in [0.717, 1.165) is 11.0 Å². The smallest absolute Gasteiger partial charge is 0.259 e. The maximum absolute atomic E-state index is 12.7. The lowest BCUT2D eigenvalue weighted by Gasteiger charge is -2.18. The topological polar surface area (TPSA) is 58.1 Å². The molecule has 3 heterocycles. The fraction of sp³-hybridized carbons (Fsp3) is 0.154. The average molecular weight is 248 g/mol. The van der Waals surface area contributed by atoms with E-state index in [0.29, 0.717) is 0 Å². The maximum Gasteiger partial charge on any atom is 0.259 e. The number of rotatable bonds is 0. The van der Waals surface area contributed by atoms with Crippen LogP contribution in [-0.4, -0.2) is 22.9 Å². The number of pyridine rings is 2. The number of nitrogens with zero attached hydrogens (tertiary/aromatic N) is 3. The van der Waals surface area contributed by atoms with E-state index >= 15 is 0 Å². The van der Waals surface area contributed by atoms with Crippen LogP contribution in [0.2, 0.25) is 1.41 Å². The second kappa shape index (κ2) is 3.80. The highest BCUT2D eigenvalue weighted by molar-refractivity contribution is 6.11. The van der Waals surface area contributed by atoms with Crippen LogP contribution in [0.3, 0.4) is 0 Å². The van der Waals surface area contributed by atoms with E-state index in [9.17, 15) is 4.79 Å². The van der Waals surface area contributed by atoms with Crippen molar-refractivity contribution < 1.29 is 15.8 Å². The van der Waals surface area contributed by atoms with Crippen LogP contribution in [0.4, 0.5) is 17.3 Å². The van der Waals surface area contributed by atoms with Gasteiger partial charge in [0.2, 0.25) is 0 Å². The summed E-state index contributed by atoms with van der Waals surface area (Å²) in [7, 11) is 1.37. The first-order valence-electron chi connectivity index (χ1n) is 8.96. The summed E-state index contributed by atoms with van der Waals surface area (Å²) >= 11 is 0. The highest BCUT2D eigenvalue weighted by atomic mass is 16.1. The lowest BCUT2D eigenvalue weighted by Crippen LogP contribution is -2.14. The van der Waals surface area contributed by atoms with Crippen LogP contribution in [0, 0.1) is 6.85 Å². The second-order valence-electron chi connectivity index (χ2n) is 3.60. The first kappa shape index (κ1) is 5.06. The fourth-order valence-corrected chi connectivity index (χ4v) is 1.68. The molecule has 1 aliphatic rings. The first-order chi connectivity index (χ1) is 11.9. The Morgan fingerprint density at radius 3 is 3.06 bits per heavy atom. The molecule has 3 rings (SSSR count). The van der Waals surface area contributed by atoms with Crippen LogP contribution < -0.4 is 10.2 Å². The van der Waals surface area contributed by atoms with E-state index in [4.69, 9.17) is 11.0 Å². The van der Waals surface area contributed by atoms with Gasteiger partial charge in [-0.15, -0.1) is 0 Å². The summed E-state index contributed by atoms with van der Waals surface area (Å²) in [5, 5.41) is 0.257. The molecule has 2 aromatic rings. The Kier molecular flexibility index (Phi) is 1.07. The molecule has 5 nitrogen and oxygen atoms in total. The van der Waals surface area contributed by atoms with Gasteiger partial charge in [-0.05, 0) is 30.6 Å². The van der Waals surface area contributed by atoms with Crippen molar-refractivity contribution in [1.82, 2.24) is 9.97 Å². The Balaban J connectivity index is 2.46. The lowest BCUT2D eigenvalue weighted by molar-refractivity contribution is 0.102. The predicted molar refractivity (Wildman–Crippen MR) is 69.2 cm³/mol. The molecular formula is C13H12N4O. The number of nitrogens with one attached hydrogen (secondary N) is 1. The summed E-state index contributed by atoms with van der Waals surface area (Å²) in [6.45, 7) is -2.88. The zero-order valence-corrected chi connectivity index (χ0v) is 9.27. The summed E-state index contributed by atoms with van der Waals surface area (Å²) in [6, 6.07) is -0.0406. The third-order valence-electron chi connectivity index (χ3n) is 2.53. The van der Waals surface area contributed by atoms with E-state index in [1.807, 2.05) is 0 Å². The molecule has 2 aromatic heterocycles. The fourth-order valence-electron chi connectivity index (χ4n) is 1.68. The van der Waals surface area contributed by atoms with Gasteiger partial charge in [-0.1, -0.05) is 0 Å². The highest BCUT2D eigenvalue weighted by Gasteiger charge is 2.25. The van der Waals surface area contributed by atoms with Crippen molar-refractivity contribution in [1.29, 1.82) is 0 Å². The number of fused-ring (bicyclic) bond motifs is 2. The van der Waals surface area contributed by atoms with Gasteiger partial charge in [-0.25, -0.2) is 9.97 Å². The zero-order chi connectivity index (χ0) is 19.5. The number of anilines is 3. The van der Waals surface area contributed by atoms with E-state index < -0.39 is 36.2 Å². The zero-order valence-electron chi connectivity index (χ0n) is 17.3. The molecule has 1 aliphatic heterocycles. The minimum atomic E-state index is -2.88. The molecule has 0 fully saturated rings. The van der Waals surface area contributed by atoms with Gasteiger partial charge in [-0.2, -0.15) is 0 Å². The van der Waals surface area contributed by atoms with Crippen molar-refractivity contribution in [2.24, 2.45) is 0 Å². The van der Waals surface area contributed by atoms with Gasteiger partial charge < -0.3 is 10.2 Å². The Bertz CT molecular complexity index is 945. The van der Waals surface area contributed by atoms with Crippen molar-refractivity contribution in [3.8, 4) is 0 Å². The van der Waals surface area contributed by atoms with Crippen molar-refractivity contribution in [2.75, 3.05) is 17.3 Å². The molecule has 0 spiro atoms. The Morgan fingerprint density at radius 1 is 1.39 bits per heavy atom. The minimum Gasteiger partial charge on any atom is -0.318 e. The molecule has 0 saturated carbocycles. The van der Waals surface area contributed by atoms with Crippen LogP contribution in [0.1, 0.15) is 25.5 Å². The number of carbonyl (C=O) groups is 1. The third kappa shape index (κ3) is 1.44. The standard InChI is InChI=1S/C13H12N4O/c1-8-5-7-15-12-10(8)16-13(18)9-4-3-6-14-11(9)17(12)2/h3-7H,1-2H3,(H,16,18)/i1D3,4D,5D,6D,7D/hD. The molecule has 0 bridgehead atoms. The molecule has 0 saturated heterocycles. The quantitative estimate of drug-likeness (QED) is 0.776. The van der Waals surface area contributed by atoms with Crippen LogP contribution >= 0.6 is 0 Å². The molecule has 0 unspecified atom stereocenters. The monoisotopic (exact) mass is 248 g/mol. The van der Waals surface area contributed by atoms with E-state index in [1.165, 1.54) is 7.05 Å². The summed E-state index contributed by atoms with van der Waals surface area (Å²) in [5.41, 5.74) is -1.43. The minimum absolute atomic E-state index is 0.148.